The molecule has 1 fully saturated rings. The van der Waals surface area contributed by atoms with Crippen molar-refractivity contribution in [3.05, 3.63) is 58.9 Å². The molecule has 2 aromatic heterocycles. The maximum Gasteiger partial charge on any atom is 0.257 e. The van der Waals surface area contributed by atoms with E-state index in [2.05, 4.69) is 19.9 Å². The second-order valence-corrected chi connectivity index (χ2v) is 8.82. The van der Waals surface area contributed by atoms with Crippen molar-refractivity contribution in [3.8, 4) is 5.69 Å². The topological polar surface area (TPSA) is 68.8 Å². The van der Waals surface area contributed by atoms with Crippen LogP contribution in [0.15, 0.2) is 30.3 Å². The number of amides is 1. The lowest BCUT2D eigenvalue weighted by molar-refractivity contribution is 0.0701. The number of carbonyl (C=O) groups excluding carboxylic acids is 1. The van der Waals surface area contributed by atoms with Crippen LogP contribution in [0, 0.1) is 13.8 Å². The van der Waals surface area contributed by atoms with Crippen molar-refractivity contribution in [3.63, 3.8) is 0 Å². The number of carbonyl (C=O) groups is 1. The number of benzene rings is 1. The predicted octanol–water partition coefficient (Wildman–Crippen LogP) is 3.83. The first-order chi connectivity index (χ1) is 15.1. The van der Waals surface area contributed by atoms with Crippen molar-refractivity contribution in [2.24, 2.45) is 0 Å². The minimum Gasteiger partial charge on any atom is -0.338 e. The van der Waals surface area contributed by atoms with Gasteiger partial charge in [0.05, 0.1) is 22.6 Å². The quantitative estimate of drug-likeness (QED) is 0.648. The highest BCUT2D eigenvalue weighted by Crippen LogP contribution is 2.30. The smallest absolute Gasteiger partial charge is 0.257 e. The number of para-hydroxylation sites is 1. The van der Waals surface area contributed by atoms with Gasteiger partial charge in [-0.15, -0.1) is 10.2 Å². The van der Waals surface area contributed by atoms with Crippen LogP contribution >= 0.6 is 0 Å². The molecule has 0 radical (unpaired) electrons. The van der Waals surface area contributed by atoms with Gasteiger partial charge in [0.15, 0.2) is 0 Å². The van der Waals surface area contributed by atoms with Crippen molar-refractivity contribution in [1.29, 1.82) is 0 Å². The van der Waals surface area contributed by atoms with Gasteiger partial charge in [0.1, 0.15) is 11.6 Å². The van der Waals surface area contributed by atoms with Crippen LogP contribution < -0.4 is 0 Å². The summed E-state index contributed by atoms with van der Waals surface area (Å²) in [5, 5.41) is 13.7. The minimum atomic E-state index is 0.0810. The summed E-state index contributed by atoms with van der Waals surface area (Å²) in [4.78, 5) is 15.6. The van der Waals surface area contributed by atoms with Crippen molar-refractivity contribution in [1.82, 2.24) is 29.4 Å². The van der Waals surface area contributed by atoms with Crippen molar-refractivity contribution >= 4 is 5.91 Å². The van der Waals surface area contributed by atoms with Crippen LogP contribution in [0.1, 0.15) is 71.4 Å². The lowest BCUT2D eigenvalue weighted by Gasteiger charge is -2.32. The summed E-state index contributed by atoms with van der Waals surface area (Å²) in [6.45, 7) is 6.40. The van der Waals surface area contributed by atoms with E-state index in [1.54, 1.807) is 0 Å². The highest BCUT2D eigenvalue weighted by Gasteiger charge is 2.32. The summed E-state index contributed by atoms with van der Waals surface area (Å²) in [6.07, 6.45) is 6.69. The summed E-state index contributed by atoms with van der Waals surface area (Å²) in [5.41, 5.74) is 3.38. The van der Waals surface area contributed by atoms with Crippen molar-refractivity contribution < 1.29 is 4.79 Å². The van der Waals surface area contributed by atoms with E-state index in [0.29, 0.717) is 6.54 Å². The van der Waals surface area contributed by atoms with Crippen LogP contribution in [0.25, 0.3) is 5.69 Å². The number of hydrogen-bond acceptors (Lipinski definition) is 4. The van der Waals surface area contributed by atoms with Gasteiger partial charge < -0.3 is 9.47 Å². The molecule has 4 heterocycles. The average molecular weight is 419 g/mol. The Kier molecular flexibility index (Phi) is 5.34. The molecular weight excluding hydrogens is 388 g/mol. The van der Waals surface area contributed by atoms with E-state index >= 15 is 0 Å². The molecule has 1 saturated heterocycles. The molecule has 1 amide bonds. The van der Waals surface area contributed by atoms with Gasteiger partial charge in [0, 0.05) is 32.0 Å². The molecular formula is C24H30N6O. The normalized spacial score (nSPS) is 19.2. The molecule has 5 rings (SSSR count). The van der Waals surface area contributed by atoms with E-state index in [1.807, 2.05) is 53.8 Å². The minimum absolute atomic E-state index is 0.0810. The Morgan fingerprint density at radius 1 is 1.00 bits per heavy atom. The van der Waals surface area contributed by atoms with Gasteiger partial charge in [-0.2, -0.15) is 5.10 Å². The average Bonchev–Trinajstić information content (AvgIpc) is 3.24. The van der Waals surface area contributed by atoms with Gasteiger partial charge in [0.25, 0.3) is 5.91 Å². The predicted molar refractivity (Wildman–Crippen MR) is 118 cm³/mol. The van der Waals surface area contributed by atoms with Gasteiger partial charge in [-0.25, -0.2) is 4.68 Å². The molecule has 3 aromatic rings. The summed E-state index contributed by atoms with van der Waals surface area (Å²) in [7, 11) is 0. The number of hydrogen-bond donors (Lipinski definition) is 0. The third kappa shape index (κ3) is 3.66. The Morgan fingerprint density at radius 2 is 1.84 bits per heavy atom. The Balaban J connectivity index is 1.40. The van der Waals surface area contributed by atoms with Crippen LogP contribution in [-0.4, -0.2) is 48.4 Å². The van der Waals surface area contributed by atoms with Gasteiger partial charge in [-0.05, 0) is 51.7 Å². The zero-order valence-electron chi connectivity index (χ0n) is 18.4. The number of nitrogens with zero attached hydrogens (tertiary/aromatic N) is 6. The molecule has 0 N–H and O–H groups in total. The maximum atomic E-state index is 13.6. The summed E-state index contributed by atoms with van der Waals surface area (Å²) in [5.74, 6) is 2.52. The largest absolute Gasteiger partial charge is 0.338 e. The summed E-state index contributed by atoms with van der Waals surface area (Å²) >= 11 is 0. The molecule has 31 heavy (non-hydrogen) atoms. The van der Waals surface area contributed by atoms with Crippen LogP contribution in [0.3, 0.4) is 0 Å². The Bertz CT molecular complexity index is 1080. The van der Waals surface area contributed by atoms with E-state index < -0.39 is 0 Å². The Labute approximate surface area is 183 Å². The van der Waals surface area contributed by atoms with E-state index in [1.165, 1.54) is 19.3 Å². The SMILES string of the molecule is Cc1nn(-c2ccccc2)c(C)c1C(=O)N1CCC[C@H](c2nnc3n2CCCCC3)C1. The first-order valence-corrected chi connectivity index (χ1v) is 11.5. The third-order valence-corrected chi connectivity index (χ3v) is 6.72. The highest BCUT2D eigenvalue weighted by molar-refractivity contribution is 5.96. The summed E-state index contributed by atoms with van der Waals surface area (Å²) < 4.78 is 4.21. The van der Waals surface area contributed by atoms with Gasteiger partial charge in [-0.1, -0.05) is 24.6 Å². The number of rotatable bonds is 3. The number of fused-ring (bicyclic) bond motifs is 1. The first kappa shape index (κ1) is 20.0. The molecule has 7 nitrogen and oxygen atoms in total. The molecule has 0 saturated carbocycles. The fourth-order valence-corrected chi connectivity index (χ4v) is 5.11. The third-order valence-electron chi connectivity index (χ3n) is 6.72. The van der Waals surface area contributed by atoms with E-state index in [-0.39, 0.29) is 11.8 Å². The van der Waals surface area contributed by atoms with Gasteiger partial charge >= 0.3 is 0 Å². The van der Waals surface area contributed by atoms with E-state index in [4.69, 9.17) is 0 Å². The zero-order valence-corrected chi connectivity index (χ0v) is 18.4. The fourth-order valence-electron chi connectivity index (χ4n) is 5.11. The zero-order chi connectivity index (χ0) is 21.4. The second-order valence-electron chi connectivity index (χ2n) is 8.82. The number of likely N-dealkylation sites (tertiary alicyclic amines) is 1. The van der Waals surface area contributed by atoms with Crippen LogP contribution in [0.5, 0.6) is 0 Å². The van der Waals surface area contributed by atoms with Crippen LogP contribution in [0.2, 0.25) is 0 Å². The monoisotopic (exact) mass is 418 g/mol. The molecule has 2 aliphatic heterocycles. The standard InChI is InChI=1S/C24H30N6O/c1-17-22(18(2)30(27-17)20-11-5-3-6-12-20)24(31)28-14-9-10-19(16-28)23-26-25-21-13-7-4-8-15-29(21)23/h3,5-6,11-12,19H,4,7-10,13-16H2,1-2H3/t19-/m0/s1. The Morgan fingerprint density at radius 3 is 2.68 bits per heavy atom. The molecule has 0 spiro atoms. The Hall–Kier alpha value is -2.96. The molecule has 0 unspecified atom stereocenters. The first-order valence-electron chi connectivity index (χ1n) is 11.5. The summed E-state index contributed by atoms with van der Waals surface area (Å²) in [6, 6.07) is 10.00. The molecule has 2 aliphatic rings. The van der Waals surface area contributed by atoms with Gasteiger partial charge in [-0.3, -0.25) is 4.79 Å². The van der Waals surface area contributed by atoms with E-state index in [0.717, 1.165) is 66.6 Å². The van der Waals surface area contributed by atoms with Gasteiger partial charge in [0.2, 0.25) is 0 Å². The van der Waals surface area contributed by atoms with E-state index in [9.17, 15) is 4.79 Å². The molecule has 0 aliphatic carbocycles. The maximum absolute atomic E-state index is 13.6. The lowest BCUT2D eigenvalue weighted by atomic mass is 9.96. The van der Waals surface area contributed by atoms with Crippen LogP contribution in [-0.2, 0) is 13.0 Å². The fraction of sp³-hybridized carbons (Fsp3) is 0.500. The number of aryl methyl sites for hydroxylation is 2. The van der Waals surface area contributed by atoms with Crippen molar-refractivity contribution in [2.45, 2.75) is 64.8 Å². The van der Waals surface area contributed by atoms with Crippen molar-refractivity contribution in [2.75, 3.05) is 13.1 Å². The molecule has 1 atom stereocenters. The van der Waals surface area contributed by atoms with Crippen LogP contribution in [0.4, 0.5) is 0 Å². The lowest BCUT2D eigenvalue weighted by Crippen LogP contribution is -2.40. The molecule has 7 heteroatoms. The number of piperidine rings is 1. The highest BCUT2D eigenvalue weighted by atomic mass is 16.2. The molecule has 162 valence electrons. The molecule has 0 bridgehead atoms. The number of aromatic nitrogens is 5. The second kappa shape index (κ2) is 8.29. The molecule has 1 aromatic carbocycles.